The summed E-state index contributed by atoms with van der Waals surface area (Å²) in [5.74, 6) is 0. The van der Waals surface area contributed by atoms with E-state index in [2.05, 4.69) is 0 Å². The quantitative estimate of drug-likeness (QED) is 0.697. The smallest absolute Gasteiger partial charge is 0.303 e. The number of hydrogen-bond donors (Lipinski definition) is 0. The molecule has 1 aromatic heterocycles. The van der Waals surface area contributed by atoms with Gasteiger partial charge in [0, 0.05) is 18.8 Å². The van der Waals surface area contributed by atoms with Crippen molar-refractivity contribution in [1.29, 1.82) is 0 Å². The Hall–Kier alpha value is -1.53. The van der Waals surface area contributed by atoms with E-state index in [0.29, 0.717) is 10.8 Å². The highest BCUT2D eigenvalue weighted by Gasteiger charge is 2.37. The van der Waals surface area contributed by atoms with Crippen molar-refractivity contribution in [2.75, 3.05) is 0 Å². The molecule has 0 aliphatic carbocycles. The minimum atomic E-state index is -4.77. The van der Waals surface area contributed by atoms with Gasteiger partial charge >= 0.3 is 11.9 Å². The van der Waals surface area contributed by atoms with Crippen LogP contribution in [0.3, 0.4) is 0 Å². The Balaban J connectivity index is 3.81. The highest BCUT2D eigenvalue weighted by atomic mass is 19.4. The molecule has 96 valence electrons. The fourth-order valence-corrected chi connectivity index (χ4v) is 1.46. The van der Waals surface area contributed by atoms with Gasteiger partial charge in [0.25, 0.3) is 5.56 Å². The molecule has 0 atom stereocenters. The normalized spacial score (nSPS) is 12.9. The van der Waals surface area contributed by atoms with E-state index in [1.807, 2.05) is 0 Å². The summed E-state index contributed by atoms with van der Waals surface area (Å²) in [4.78, 5) is 23.3. The SMILES string of the molecule is Cn1cc(C(F)(F)F)c(=O)n(C(C)(C)C)c1=O. The van der Waals surface area contributed by atoms with Gasteiger partial charge in [-0.25, -0.2) is 4.79 Å². The van der Waals surface area contributed by atoms with Crippen molar-refractivity contribution in [3.63, 3.8) is 0 Å². The molecule has 0 bridgehead atoms. The molecule has 7 heteroatoms. The molecule has 1 aromatic rings. The molecule has 0 aromatic carbocycles. The third-order valence-electron chi connectivity index (χ3n) is 2.23. The van der Waals surface area contributed by atoms with Crippen molar-refractivity contribution in [1.82, 2.24) is 9.13 Å². The van der Waals surface area contributed by atoms with E-state index in [1.54, 1.807) is 0 Å². The van der Waals surface area contributed by atoms with Gasteiger partial charge in [-0.2, -0.15) is 13.2 Å². The summed E-state index contributed by atoms with van der Waals surface area (Å²) in [6.07, 6.45) is -4.25. The molecule has 0 saturated heterocycles. The summed E-state index contributed by atoms with van der Waals surface area (Å²) in [6.45, 7) is 4.49. The maximum Gasteiger partial charge on any atom is 0.423 e. The lowest BCUT2D eigenvalue weighted by Gasteiger charge is -2.23. The Morgan fingerprint density at radius 2 is 1.59 bits per heavy atom. The summed E-state index contributed by atoms with van der Waals surface area (Å²) in [5.41, 5.74) is -4.43. The average molecular weight is 250 g/mol. The highest BCUT2D eigenvalue weighted by molar-refractivity contribution is 5.11. The zero-order valence-corrected chi connectivity index (χ0v) is 9.92. The van der Waals surface area contributed by atoms with Gasteiger partial charge in [0.15, 0.2) is 0 Å². The van der Waals surface area contributed by atoms with Crippen LogP contribution in [-0.2, 0) is 18.8 Å². The fraction of sp³-hybridized carbons (Fsp3) is 0.600. The van der Waals surface area contributed by atoms with Gasteiger partial charge in [0.2, 0.25) is 0 Å². The van der Waals surface area contributed by atoms with Crippen molar-refractivity contribution >= 4 is 0 Å². The first-order valence-electron chi connectivity index (χ1n) is 4.86. The maximum atomic E-state index is 12.6. The van der Waals surface area contributed by atoms with Crippen LogP contribution in [0.4, 0.5) is 13.2 Å². The predicted octanol–water partition coefficient (Wildman–Crippen LogP) is 1.32. The first-order valence-corrected chi connectivity index (χ1v) is 4.86. The highest BCUT2D eigenvalue weighted by Crippen LogP contribution is 2.26. The summed E-state index contributed by atoms with van der Waals surface area (Å²) in [5, 5.41) is 0. The van der Waals surface area contributed by atoms with Gasteiger partial charge in [-0.1, -0.05) is 0 Å². The number of hydrogen-bond acceptors (Lipinski definition) is 2. The first kappa shape index (κ1) is 13.5. The third-order valence-corrected chi connectivity index (χ3v) is 2.23. The van der Waals surface area contributed by atoms with Crippen molar-refractivity contribution in [2.24, 2.45) is 7.05 Å². The van der Waals surface area contributed by atoms with Gasteiger partial charge in [-0.15, -0.1) is 0 Å². The number of nitrogens with zero attached hydrogens (tertiary/aromatic N) is 2. The number of alkyl halides is 3. The zero-order chi connectivity index (χ0) is 13.6. The molecule has 0 amide bonds. The van der Waals surface area contributed by atoms with E-state index in [9.17, 15) is 22.8 Å². The predicted molar refractivity (Wildman–Crippen MR) is 55.9 cm³/mol. The molecule has 0 N–H and O–H groups in total. The second-order valence-electron chi connectivity index (χ2n) is 4.75. The van der Waals surface area contributed by atoms with E-state index in [1.165, 1.54) is 27.8 Å². The molecule has 0 spiro atoms. The molecule has 0 aliphatic rings. The van der Waals surface area contributed by atoms with Crippen LogP contribution in [0.15, 0.2) is 15.8 Å². The minimum absolute atomic E-state index is 0.521. The van der Waals surface area contributed by atoms with E-state index >= 15 is 0 Å². The van der Waals surface area contributed by atoms with Gasteiger partial charge in [0.1, 0.15) is 5.56 Å². The lowest BCUT2D eigenvalue weighted by molar-refractivity contribution is -0.139. The minimum Gasteiger partial charge on any atom is -0.303 e. The Bertz CT molecular complexity index is 547. The van der Waals surface area contributed by atoms with Crippen LogP contribution in [-0.4, -0.2) is 9.13 Å². The average Bonchev–Trinajstić information content (AvgIpc) is 2.07. The molecule has 4 nitrogen and oxygen atoms in total. The van der Waals surface area contributed by atoms with Crippen molar-refractivity contribution in [3.8, 4) is 0 Å². The monoisotopic (exact) mass is 250 g/mol. The topological polar surface area (TPSA) is 44.0 Å². The molecular formula is C10H13F3N2O2. The number of aryl methyl sites for hydroxylation is 1. The molecule has 0 radical (unpaired) electrons. The Kier molecular flexibility index (Phi) is 2.98. The molecule has 0 saturated carbocycles. The zero-order valence-electron chi connectivity index (χ0n) is 9.92. The van der Waals surface area contributed by atoms with Crippen LogP contribution in [0.5, 0.6) is 0 Å². The summed E-state index contributed by atoms with van der Waals surface area (Å²) >= 11 is 0. The van der Waals surface area contributed by atoms with Crippen molar-refractivity contribution in [2.45, 2.75) is 32.5 Å². The van der Waals surface area contributed by atoms with E-state index in [0.717, 1.165) is 4.57 Å². The Labute approximate surface area is 95.3 Å². The van der Waals surface area contributed by atoms with Crippen LogP contribution in [0.25, 0.3) is 0 Å². The molecule has 0 fully saturated rings. The second-order valence-corrected chi connectivity index (χ2v) is 4.75. The second kappa shape index (κ2) is 3.75. The number of aromatic nitrogens is 2. The van der Waals surface area contributed by atoms with Crippen LogP contribution < -0.4 is 11.2 Å². The summed E-state index contributed by atoms with van der Waals surface area (Å²) in [7, 11) is 1.18. The van der Waals surface area contributed by atoms with Gasteiger partial charge < -0.3 is 4.57 Å². The van der Waals surface area contributed by atoms with Crippen LogP contribution in [0.2, 0.25) is 0 Å². The maximum absolute atomic E-state index is 12.6. The van der Waals surface area contributed by atoms with Crippen LogP contribution in [0.1, 0.15) is 26.3 Å². The number of halogens is 3. The Morgan fingerprint density at radius 3 is 1.94 bits per heavy atom. The third kappa shape index (κ3) is 2.42. The Morgan fingerprint density at radius 1 is 1.12 bits per heavy atom. The van der Waals surface area contributed by atoms with Crippen molar-refractivity contribution in [3.05, 3.63) is 32.6 Å². The first-order chi connectivity index (χ1) is 7.46. The van der Waals surface area contributed by atoms with E-state index < -0.39 is 28.5 Å². The molecule has 1 heterocycles. The summed E-state index contributed by atoms with van der Waals surface area (Å²) in [6, 6.07) is 0. The number of rotatable bonds is 0. The largest absolute Gasteiger partial charge is 0.423 e. The van der Waals surface area contributed by atoms with Gasteiger partial charge in [-0.05, 0) is 20.8 Å². The summed E-state index contributed by atoms with van der Waals surface area (Å²) < 4.78 is 39.2. The van der Waals surface area contributed by atoms with Crippen LogP contribution >= 0.6 is 0 Å². The van der Waals surface area contributed by atoms with E-state index in [-0.39, 0.29) is 0 Å². The van der Waals surface area contributed by atoms with Crippen molar-refractivity contribution < 1.29 is 13.2 Å². The van der Waals surface area contributed by atoms with E-state index in [4.69, 9.17) is 0 Å². The lowest BCUT2D eigenvalue weighted by atomic mass is 10.1. The fourth-order valence-electron chi connectivity index (χ4n) is 1.46. The molecule has 17 heavy (non-hydrogen) atoms. The molecular weight excluding hydrogens is 237 g/mol. The standard InChI is InChI=1S/C10H13F3N2O2/c1-9(2,3)15-7(16)6(10(11,12)13)5-14(4)8(15)17/h5H,1-4H3. The molecule has 0 aliphatic heterocycles. The van der Waals surface area contributed by atoms with Gasteiger partial charge in [0.05, 0.1) is 0 Å². The van der Waals surface area contributed by atoms with Crippen LogP contribution in [0, 0.1) is 0 Å². The molecule has 1 rings (SSSR count). The lowest BCUT2D eigenvalue weighted by Crippen LogP contribution is -2.49. The molecule has 0 unspecified atom stereocenters. The van der Waals surface area contributed by atoms with Gasteiger partial charge in [-0.3, -0.25) is 9.36 Å².